The van der Waals surface area contributed by atoms with Crippen LogP contribution in [-0.2, 0) is 11.3 Å². The predicted molar refractivity (Wildman–Crippen MR) is 68.2 cm³/mol. The molecule has 0 unspecified atom stereocenters. The SMILES string of the molecule is S=C=NCc1ccc(N2CCOCC2)cc1. The van der Waals surface area contributed by atoms with Gasteiger partial charge in [0.05, 0.1) is 24.9 Å². The third kappa shape index (κ3) is 2.89. The average Bonchev–Trinajstić information content (AvgIpc) is 2.38. The van der Waals surface area contributed by atoms with Crippen LogP contribution in [-0.4, -0.2) is 31.5 Å². The van der Waals surface area contributed by atoms with Crippen molar-refractivity contribution in [1.29, 1.82) is 0 Å². The first-order valence-corrected chi connectivity index (χ1v) is 5.76. The Morgan fingerprint density at radius 3 is 2.56 bits per heavy atom. The lowest BCUT2D eigenvalue weighted by Gasteiger charge is -2.28. The zero-order chi connectivity index (χ0) is 11.2. The third-order valence-corrected chi connectivity index (χ3v) is 2.77. The molecule has 3 nitrogen and oxygen atoms in total. The Morgan fingerprint density at radius 1 is 1.25 bits per heavy atom. The van der Waals surface area contributed by atoms with Crippen LogP contribution in [0.3, 0.4) is 0 Å². The molecule has 4 heteroatoms. The topological polar surface area (TPSA) is 24.8 Å². The van der Waals surface area contributed by atoms with Crippen molar-refractivity contribution in [2.75, 3.05) is 31.2 Å². The summed E-state index contributed by atoms with van der Waals surface area (Å²) in [5.74, 6) is 0. The molecule has 0 bridgehead atoms. The van der Waals surface area contributed by atoms with E-state index in [-0.39, 0.29) is 0 Å². The molecule has 0 spiro atoms. The Bertz CT molecular complexity index is 379. The highest BCUT2D eigenvalue weighted by molar-refractivity contribution is 7.78. The second-order valence-corrected chi connectivity index (χ2v) is 3.86. The Balaban J connectivity index is 2.03. The second-order valence-electron chi connectivity index (χ2n) is 3.67. The minimum Gasteiger partial charge on any atom is -0.378 e. The summed E-state index contributed by atoms with van der Waals surface area (Å²) >= 11 is 4.54. The van der Waals surface area contributed by atoms with Gasteiger partial charge in [0.15, 0.2) is 0 Å². The number of benzene rings is 1. The van der Waals surface area contributed by atoms with E-state index in [1.54, 1.807) is 0 Å². The standard InChI is InChI=1S/C12H14N2OS/c16-10-13-9-11-1-3-12(4-2-11)14-5-7-15-8-6-14/h1-4H,5-9H2. The third-order valence-electron chi connectivity index (χ3n) is 2.64. The molecule has 0 amide bonds. The lowest BCUT2D eigenvalue weighted by atomic mass is 10.2. The Labute approximate surface area is 101 Å². The van der Waals surface area contributed by atoms with E-state index in [0.29, 0.717) is 6.54 Å². The fraction of sp³-hybridized carbons (Fsp3) is 0.417. The molecule has 2 rings (SSSR count). The first kappa shape index (κ1) is 11.3. The summed E-state index contributed by atoms with van der Waals surface area (Å²) in [5.41, 5.74) is 2.41. The first-order valence-electron chi connectivity index (χ1n) is 5.35. The number of isothiocyanates is 1. The van der Waals surface area contributed by atoms with Gasteiger partial charge in [-0.15, -0.1) is 0 Å². The summed E-state index contributed by atoms with van der Waals surface area (Å²) < 4.78 is 5.32. The van der Waals surface area contributed by atoms with E-state index in [1.807, 2.05) is 0 Å². The molecular weight excluding hydrogens is 220 g/mol. The molecule has 0 N–H and O–H groups in total. The number of morpholine rings is 1. The lowest BCUT2D eigenvalue weighted by molar-refractivity contribution is 0.122. The van der Waals surface area contributed by atoms with E-state index >= 15 is 0 Å². The molecule has 1 aliphatic heterocycles. The van der Waals surface area contributed by atoms with Gasteiger partial charge in [0.25, 0.3) is 0 Å². The van der Waals surface area contributed by atoms with Crippen molar-refractivity contribution >= 4 is 23.1 Å². The molecule has 16 heavy (non-hydrogen) atoms. The molecule has 84 valence electrons. The van der Waals surface area contributed by atoms with Crippen LogP contribution >= 0.6 is 12.2 Å². The molecule has 0 atom stereocenters. The number of hydrogen-bond acceptors (Lipinski definition) is 4. The molecular formula is C12H14N2OS. The van der Waals surface area contributed by atoms with E-state index < -0.39 is 0 Å². The predicted octanol–water partition coefficient (Wildman–Crippen LogP) is 2.13. The van der Waals surface area contributed by atoms with Crippen molar-refractivity contribution in [1.82, 2.24) is 0 Å². The molecule has 1 saturated heterocycles. The summed E-state index contributed by atoms with van der Waals surface area (Å²) in [6.07, 6.45) is 0. The molecule has 1 fully saturated rings. The Morgan fingerprint density at radius 2 is 1.94 bits per heavy atom. The van der Waals surface area contributed by atoms with Crippen molar-refractivity contribution in [3.63, 3.8) is 0 Å². The zero-order valence-corrected chi connectivity index (χ0v) is 9.87. The molecule has 1 aromatic carbocycles. The second kappa shape index (κ2) is 5.75. The summed E-state index contributed by atoms with van der Waals surface area (Å²) in [4.78, 5) is 6.24. The fourth-order valence-corrected chi connectivity index (χ4v) is 1.82. The summed E-state index contributed by atoms with van der Waals surface area (Å²) in [5, 5.41) is 2.38. The largest absolute Gasteiger partial charge is 0.378 e. The van der Waals surface area contributed by atoms with Gasteiger partial charge in [0.2, 0.25) is 0 Å². The quantitative estimate of drug-likeness (QED) is 0.591. The lowest BCUT2D eigenvalue weighted by Crippen LogP contribution is -2.36. The van der Waals surface area contributed by atoms with Crippen LogP contribution in [0, 0.1) is 0 Å². The minimum absolute atomic E-state index is 0.618. The van der Waals surface area contributed by atoms with E-state index in [1.165, 1.54) is 5.69 Å². The molecule has 0 saturated carbocycles. The minimum atomic E-state index is 0.618. The Hall–Kier alpha value is -1.22. The van der Waals surface area contributed by atoms with Crippen molar-refractivity contribution in [2.45, 2.75) is 6.54 Å². The Kier molecular flexibility index (Phi) is 4.05. The number of ether oxygens (including phenoxy) is 1. The van der Waals surface area contributed by atoms with Crippen molar-refractivity contribution in [3.05, 3.63) is 29.8 Å². The van der Waals surface area contributed by atoms with Crippen molar-refractivity contribution in [2.24, 2.45) is 4.99 Å². The molecule has 1 heterocycles. The number of nitrogens with zero attached hydrogens (tertiary/aromatic N) is 2. The van der Waals surface area contributed by atoms with Gasteiger partial charge < -0.3 is 9.64 Å². The molecule has 0 aliphatic carbocycles. The number of anilines is 1. The van der Waals surface area contributed by atoms with E-state index in [4.69, 9.17) is 4.74 Å². The zero-order valence-electron chi connectivity index (χ0n) is 9.06. The van der Waals surface area contributed by atoms with Crippen LogP contribution in [0.1, 0.15) is 5.56 Å². The summed E-state index contributed by atoms with van der Waals surface area (Å²) in [6, 6.07) is 8.42. The highest BCUT2D eigenvalue weighted by Gasteiger charge is 2.10. The van der Waals surface area contributed by atoms with E-state index in [0.717, 1.165) is 31.9 Å². The van der Waals surface area contributed by atoms with Crippen LogP contribution in [0.15, 0.2) is 29.3 Å². The maximum atomic E-state index is 5.32. The molecule has 0 radical (unpaired) electrons. The normalized spacial score (nSPS) is 15.6. The maximum Gasteiger partial charge on any atom is 0.0743 e. The highest BCUT2D eigenvalue weighted by Crippen LogP contribution is 2.16. The van der Waals surface area contributed by atoms with E-state index in [9.17, 15) is 0 Å². The maximum absolute atomic E-state index is 5.32. The first-order chi connectivity index (χ1) is 7.90. The number of rotatable bonds is 3. The summed E-state index contributed by atoms with van der Waals surface area (Å²) in [6.45, 7) is 4.19. The van der Waals surface area contributed by atoms with Gasteiger partial charge in [-0.1, -0.05) is 12.1 Å². The molecule has 1 aromatic rings. The fourth-order valence-electron chi connectivity index (χ4n) is 1.76. The van der Waals surface area contributed by atoms with Crippen LogP contribution in [0.5, 0.6) is 0 Å². The van der Waals surface area contributed by atoms with Crippen LogP contribution in [0.2, 0.25) is 0 Å². The number of hydrogen-bond donors (Lipinski definition) is 0. The van der Waals surface area contributed by atoms with E-state index in [2.05, 4.69) is 51.5 Å². The van der Waals surface area contributed by atoms with Gasteiger partial charge in [0.1, 0.15) is 0 Å². The highest BCUT2D eigenvalue weighted by atomic mass is 32.1. The van der Waals surface area contributed by atoms with Crippen LogP contribution in [0.25, 0.3) is 0 Å². The monoisotopic (exact) mass is 234 g/mol. The van der Waals surface area contributed by atoms with Gasteiger partial charge in [-0.2, -0.15) is 0 Å². The molecule has 0 aromatic heterocycles. The van der Waals surface area contributed by atoms with Gasteiger partial charge >= 0.3 is 0 Å². The van der Waals surface area contributed by atoms with Crippen LogP contribution in [0.4, 0.5) is 5.69 Å². The van der Waals surface area contributed by atoms with Gasteiger partial charge in [-0.25, -0.2) is 4.99 Å². The van der Waals surface area contributed by atoms with Gasteiger partial charge in [-0.05, 0) is 29.9 Å². The smallest absolute Gasteiger partial charge is 0.0743 e. The van der Waals surface area contributed by atoms with Gasteiger partial charge in [0, 0.05) is 18.8 Å². The average molecular weight is 234 g/mol. The van der Waals surface area contributed by atoms with Crippen molar-refractivity contribution < 1.29 is 4.74 Å². The van der Waals surface area contributed by atoms with Crippen LogP contribution < -0.4 is 4.90 Å². The number of aliphatic imine (C=N–C) groups is 1. The number of thiocarbonyl (C=S) groups is 1. The molecule has 1 aliphatic rings. The summed E-state index contributed by atoms with van der Waals surface area (Å²) in [7, 11) is 0. The van der Waals surface area contributed by atoms with Gasteiger partial charge in [-0.3, -0.25) is 0 Å². The van der Waals surface area contributed by atoms with Crippen molar-refractivity contribution in [3.8, 4) is 0 Å².